The van der Waals surface area contributed by atoms with Crippen molar-refractivity contribution in [1.82, 2.24) is 10.0 Å². The standard InChI is InChI=1S/C14H21FN2O2S/c1-11(12-5-7-13(15)8-6-12)17-20(18,19)10-14-4-2-3-9-16-14/h5-8,11,14,16-17H,2-4,9-10H2,1H3. The molecule has 0 saturated carbocycles. The first kappa shape index (κ1) is 15.4. The van der Waals surface area contributed by atoms with Gasteiger partial charge in [0.2, 0.25) is 10.0 Å². The van der Waals surface area contributed by atoms with Gasteiger partial charge in [-0.2, -0.15) is 0 Å². The van der Waals surface area contributed by atoms with Crippen molar-refractivity contribution in [2.75, 3.05) is 12.3 Å². The summed E-state index contributed by atoms with van der Waals surface area (Å²) in [7, 11) is -3.34. The van der Waals surface area contributed by atoms with Crippen molar-refractivity contribution in [3.8, 4) is 0 Å². The molecule has 1 aliphatic heterocycles. The highest BCUT2D eigenvalue weighted by molar-refractivity contribution is 7.89. The van der Waals surface area contributed by atoms with E-state index in [-0.39, 0.29) is 23.7 Å². The maximum Gasteiger partial charge on any atom is 0.213 e. The quantitative estimate of drug-likeness (QED) is 0.874. The Morgan fingerprint density at radius 2 is 2.05 bits per heavy atom. The minimum absolute atomic E-state index is 0.0293. The zero-order valence-corrected chi connectivity index (χ0v) is 12.4. The lowest BCUT2D eigenvalue weighted by atomic mass is 10.1. The van der Waals surface area contributed by atoms with Gasteiger partial charge >= 0.3 is 0 Å². The lowest BCUT2D eigenvalue weighted by molar-refractivity contribution is 0.421. The Morgan fingerprint density at radius 3 is 2.65 bits per heavy atom. The number of halogens is 1. The molecule has 2 unspecified atom stereocenters. The zero-order valence-electron chi connectivity index (χ0n) is 11.6. The van der Waals surface area contributed by atoms with Gasteiger partial charge < -0.3 is 5.32 Å². The zero-order chi connectivity index (χ0) is 14.6. The van der Waals surface area contributed by atoms with Crippen molar-refractivity contribution in [3.63, 3.8) is 0 Å². The van der Waals surface area contributed by atoms with E-state index in [0.717, 1.165) is 31.4 Å². The van der Waals surface area contributed by atoms with E-state index in [1.807, 2.05) is 0 Å². The van der Waals surface area contributed by atoms with Crippen molar-refractivity contribution >= 4 is 10.0 Å². The molecule has 6 heteroatoms. The highest BCUT2D eigenvalue weighted by atomic mass is 32.2. The second-order valence-corrected chi connectivity index (χ2v) is 7.12. The van der Waals surface area contributed by atoms with E-state index in [1.165, 1.54) is 12.1 Å². The molecule has 0 radical (unpaired) electrons. The Bertz CT molecular complexity index is 525. The van der Waals surface area contributed by atoms with Crippen LogP contribution in [-0.2, 0) is 10.0 Å². The third-order valence-corrected chi connectivity index (χ3v) is 5.11. The second-order valence-electron chi connectivity index (χ2n) is 5.32. The molecule has 2 N–H and O–H groups in total. The molecule has 1 heterocycles. The average molecular weight is 300 g/mol. The lowest BCUT2D eigenvalue weighted by Crippen LogP contribution is -2.43. The highest BCUT2D eigenvalue weighted by Gasteiger charge is 2.22. The molecule has 0 amide bonds. The molecule has 20 heavy (non-hydrogen) atoms. The van der Waals surface area contributed by atoms with Gasteiger partial charge in [0, 0.05) is 12.1 Å². The van der Waals surface area contributed by atoms with Crippen LogP contribution in [0.1, 0.15) is 37.8 Å². The molecule has 0 aromatic heterocycles. The van der Waals surface area contributed by atoms with E-state index < -0.39 is 10.0 Å². The normalized spacial score (nSPS) is 21.6. The fourth-order valence-electron chi connectivity index (χ4n) is 2.47. The van der Waals surface area contributed by atoms with E-state index in [2.05, 4.69) is 10.0 Å². The van der Waals surface area contributed by atoms with Crippen LogP contribution in [0, 0.1) is 5.82 Å². The van der Waals surface area contributed by atoms with Gasteiger partial charge in [-0.1, -0.05) is 18.6 Å². The minimum atomic E-state index is -3.34. The summed E-state index contributed by atoms with van der Waals surface area (Å²) >= 11 is 0. The van der Waals surface area contributed by atoms with Crippen LogP contribution >= 0.6 is 0 Å². The Hall–Kier alpha value is -0.980. The average Bonchev–Trinajstić information content (AvgIpc) is 2.39. The van der Waals surface area contributed by atoms with Crippen molar-refractivity contribution in [2.24, 2.45) is 0 Å². The molecular formula is C14H21FN2O2S. The molecule has 1 aliphatic rings. The molecule has 1 fully saturated rings. The van der Waals surface area contributed by atoms with Crippen molar-refractivity contribution in [2.45, 2.75) is 38.3 Å². The Labute approximate surface area is 119 Å². The van der Waals surface area contributed by atoms with Crippen molar-refractivity contribution < 1.29 is 12.8 Å². The van der Waals surface area contributed by atoms with Gasteiger partial charge in [0.1, 0.15) is 5.82 Å². The number of piperidine rings is 1. The Balaban J connectivity index is 1.94. The third-order valence-electron chi connectivity index (χ3n) is 3.56. The second kappa shape index (κ2) is 6.65. The summed E-state index contributed by atoms with van der Waals surface area (Å²) in [5, 5.41) is 3.23. The summed E-state index contributed by atoms with van der Waals surface area (Å²) in [5.41, 5.74) is 0.756. The largest absolute Gasteiger partial charge is 0.313 e. The topological polar surface area (TPSA) is 58.2 Å². The maximum atomic E-state index is 12.9. The molecule has 0 aliphatic carbocycles. The molecule has 1 aromatic rings. The highest BCUT2D eigenvalue weighted by Crippen LogP contribution is 2.15. The number of nitrogens with one attached hydrogen (secondary N) is 2. The fraction of sp³-hybridized carbons (Fsp3) is 0.571. The van der Waals surface area contributed by atoms with Crippen LogP contribution in [0.25, 0.3) is 0 Å². The number of rotatable bonds is 5. The van der Waals surface area contributed by atoms with Crippen molar-refractivity contribution in [1.29, 1.82) is 0 Å². The number of hydrogen-bond acceptors (Lipinski definition) is 3. The molecule has 1 saturated heterocycles. The Kier molecular flexibility index (Phi) is 5.12. The molecule has 2 atom stereocenters. The molecule has 1 aromatic carbocycles. The lowest BCUT2D eigenvalue weighted by Gasteiger charge is -2.24. The SMILES string of the molecule is CC(NS(=O)(=O)CC1CCCCN1)c1ccc(F)cc1. The first-order valence-corrected chi connectivity index (χ1v) is 8.60. The molecule has 2 rings (SSSR count). The molecule has 0 bridgehead atoms. The van der Waals surface area contributed by atoms with Crippen LogP contribution < -0.4 is 10.0 Å². The first-order chi connectivity index (χ1) is 9.46. The van der Waals surface area contributed by atoms with Crippen LogP contribution in [0.15, 0.2) is 24.3 Å². The molecule has 0 spiro atoms. The third kappa shape index (κ3) is 4.54. The number of hydrogen-bond donors (Lipinski definition) is 2. The molecular weight excluding hydrogens is 279 g/mol. The van der Waals surface area contributed by atoms with E-state index in [0.29, 0.717) is 0 Å². The van der Waals surface area contributed by atoms with Crippen LogP contribution in [0.5, 0.6) is 0 Å². The molecule has 4 nitrogen and oxygen atoms in total. The van der Waals surface area contributed by atoms with Crippen LogP contribution in [0.2, 0.25) is 0 Å². The van der Waals surface area contributed by atoms with Gasteiger partial charge in [-0.3, -0.25) is 0 Å². The maximum absolute atomic E-state index is 12.9. The molecule has 112 valence electrons. The van der Waals surface area contributed by atoms with E-state index in [9.17, 15) is 12.8 Å². The first-order valence-electron chi connectivity index (χ1n) is 6.95. The summed E-state index contributed by atoms with van der Waals surface area (Å²) < 4.78 is 39.7. The smallest absolute Gasteiger partial charge is 0.213 e. The fourth-order valence-corrected chi connectivity index (χ4v) is 4.05. The van der Waals surface area contributed by atoms with E-state index in [1.54, 1.807) is 19.1 Å². The predicted molar refractivity (Wildman–Crippen MR) is 77.4 cm³/mol. The van der Waals surface area contributed by atoms with Crippen LogP contribution in [0.4, 0.5) is 4.39 Å². The van der Waals surface area contributed by atoms with Crippen LogP contribution in [-0.4, -0.2) is 26.8 Å². The number of sulfonamides is 1. The van der Waals surface area contributed by atoms with Gasteiger partial charge in [0.05, 0.1) is 5.75 Å². The summed E-state index contributed by atoms with van der Waals surface area (Å²) in [6.45, 7) is 2.65. The monoisotopic (exact) mass is 300 g/mol. The van der Waals surface area contributed by atoms with Gasteiger partial charge in [-0.25, -0.2) is 17.5 Å². The van der Waals surface area contributed by atoms with Gasteiger partial charge in [0.25, 0.3) is 0 Å². The minimum Gasteiger partial charge on any atom is -0.313 e. The number of benzene rings is 1. The summed E-state index contributed by atoms with van der Waals surface area (Å²) in [5.74, 6) is -0.228. The van der Waals surface area contributed by atoms with Crippen LogP contribution in [0.3, 0.4) is 0 Å². The Morgan fingerprint density at radius 1 is 1.35 bits per heavy atom. The predicted octanol–water partition coefficient (Wildman–Crippen LogP) is 1.95. The van der Waals surface area contributed by atoms with Crippen molar-refractivity contribution in [3.05, 3.63) is 35.6 Å². The van der Waals surface area contributed by atoms with Gasteiger partial charge in [-0.15, -0.1) is 0 Å². The van der Waals surface area contributed by atoms with E-state index in [4.69, 9.17) is 0 Å². The van der Waals surface area contributed by atoms with Gasteiger partial charge in [0.15, 0.2) is 0 Å². The summed E-state index contributed by atoms with van der Waals surface area (Å²) in [6, 6.07) is 5.54. The summed E-state index contributed by atoms with van der Waals surface area (Å²) in [6.07, 6.45) is 3.07. The van der Waals surface area contributed by atoms with Gasteiger partial charge in [-0.05, 0) is 44.0 Å². The van der Waals surface area contributed by atoms with E-state index >= 15 is 0 Å². The summed E-state index contributed by atoms with van der Waals surface area (Å²) in [4.78, 5) is 0.